The molecule has 0 saturated carbocycles. The van der Waals surface area contributed by atoms with Crippen LogP contribution in [0.2, 0.25) is 0 Å². The molecule has 0 N–H and O–H groups in total. The molecule has 0 aromatic heterocycles. The third-order valence-corrected chi connectivity index (χ3v) is 1.18. The number of halogens is 1. The molecule has 1 aliphatic rings. The summed E-state index contributed by atoms with van der Waals surface area (Å²) in [6, 6.07) is 0. The highest BCUT2D eigenvalue weighted by molar-refractivity contribution is 5.85. The van der Waals surface area contributed by atoms with Gasteiger partial charge in [-0.05, 0) is 19.2 Å². The van der Waals surface area contributed by atoms with Crippen LogP contribution in [0.5, 0.6) is 0 Å². The van der Waals surface area contributed by atoms with Crippen molar-refractivity contribution in [1.82, 2.24) is 4.90 Å². The molecule has 0 radical (unpaired) electrons. The van der Waals surface area contributed by atoms with Gasteiger partial charge in [-0.3, -0.25) is 0 Å². The number of rotatable bonds is 1. The van der Waals surface area contributed by atoms with Gasteiger partial charge in [0, 0.05) is 12.7 Å². The van der Waals surface area contributed by atoms with E-state index in [2.05, 4.69) is 29.5 Å². The maximum absolute atomic E-state index is 2.12. The smallest absolute Gasteiger partial charge is 0.0403 e. The monoisotopic (exact) mass is 157 g/mol. The maximum Gasteiger partial charge on any atom is 0.0403 e. The van der Waals surface area contributed by atoms with Crippen molar-refractivity contribution in [1.29, 1.82) is 0 Å². The molecule has 1 heterocycles. The lowest BCUT2D eigenvalue weighted by molar-refractivity contribution is 0.559. The highest BCUT2D eigenvalue weighted by Crippen LogP contribution is 1.97. The van der Waals surface area contributed by atoms with Gasteiger partial charge in [-0.2, -0.15) is 0 Å². The van der Waals surface area contributed by atoms with E-state index in [1.807, 2.05) is 19.1 Å². The van der Waals surface area contributed by atoms with Gasteiger partial charge in [0.15, 0.2) is 0 Å². The minimum absolute atomic E-state index is 0. The van der Waals surface area contributed by atoms with Crippen LogP contribution >= 0.6 is 12.4 Å². The lowest BCUT2D eigenvalue weighted by atomic mass is 10.4. The predicted molar refractivity (Wildman–Crippen MR) is 47.0 cm³/mol. The Balaban J connectivity index is 0.000000810. The second-order valence-corrected chi connectivity index (χ2v) is 1.95. The molecule has 1 rings (SSSR count). The predicted octanol–water partition coefficient (Wildman–Crippen LogP) is 2.33. The number of nitrogens with zero attached hydrogens (tertiary/aromatic N) is 1. The van der Waals surface area contributed by atoms with Crippen molar-refractivity contribution >= 4 is 12.4 Å². The fourth-order valence-corrected chi connectivity index (χ4v) is 0.784. The van der Waals surface area contributed by atoms with Crippen LogP contribution in [0.3, 0.4) is 0 Å². The minimum atomic E-state index is 0. The molecule has 2 heteroatoms. The zero-order chi connectivity index (χ0) is 6.53. The molecular weight excluding hydrogens is 146 g/mol. The summed E-state index contributed by atoms with van der Waals surface area (Å²) in [5.41, 5.74) is 0. The van der Waals surface area contributed by atoms with Crippen LogP contribution in [0.1, 0.15) is 6.92 Å². The highest BCUT2D eigenvalue weighted by Gasteiger charge is 1.90. The molecular formula is C8H12ClN. The van der Waals surface area contributed by atoms with Crippen LogP contribution in [0.25, 0.3) is 0 Å². The molecule has 1 aliphatic heterocycles. The molecule has 1 nitrogen and oxygen atoms in total. The first-order valence-electron chi connectivity index (χ1n) is 3.15. The van der Waals surface area contributed by atoms with Crippen LogP contribution in [0.15, 0.2) is 36.7 Å². The van der Waals surface area contributed by atoms with Crippen molar-refractivity contribution in [2.75, 3.05) is 6.54 Å². The van der Waals surface area contributed by atoms with Gasteiger partial charge in [-0.1, -0.05) is 18.2 Å². The topological polar surface area (TPSA) is 3.24 Å². The Morgan fingerprint density at radius 3 is 2.70 bits per heavy atom. The summed E-state index contributed by atoms with van der Waals surface area (Å²) in [7, 11) is 0. The van der Waals surface area contributed by atoms with Crippen LogP contribution < -0.4 is 0 Å². The molecule has 0 aliphatic carbocycles. The standard InChI is InChI=1S/C8H11N.ClH/c1-2-6-9-7-4-3-5-8-9;/h2-7H,8H2,1H3;1H. The van der Waals surface area contributed by atoms with E-state index in [-0.39, 0.29) is 12.4 Å². The lowest BCUT2D eigenvalue weighted by Gasteiger charge is -2.13. The summed E-state index contributed by atoms with van der Waals surface area (Å²) >= 11 is 0. The van der Waals surface area contributed by atoms with Gasteiger partial charge < -0.3 is 4.90 Å². The first-order valence-corrected chi connectivity index (χ1v) is 3.15. The Hall–Kier alpha value is -0.690. The summed E-state index contributed by atoms with van der Waals surface area (Å²) in [6.45, 7) is 3.02. The van der Waals surface area contributed by atoms with E-state index in [1.54, 1.807) is 0 Å². The van der Waals surface area contributed by atoms with Crippen LogP contribution in [-0.2, 0) is 0 Å². The van der Waals surface area contributed by atoms with Gasteiger partial charge >= 0.3 is 0 Å². The Labute approximate surface area is 68.1 Å². The second-order valence-electron chi connectivity index (χ2n) is 1.95. The average molecular weight is 158 g/mol. The SMILES string of the molecule is CC=CN1C=CC=CC1.Cl. The van der Waals surface area contributed by atoms with Crippen molar-refractivity contribution in [2.24, 2.45) is 0 Å². The van der Waals surface area contributed by atoms with Gasteiger partial charge in [0.05, 0.1) is 0 Å². The minimum Gasteiger partial charge on any atom is -0.351 e. The van der Waals surface area contributed by atoms with Crippen LogP contribution in [0.4, 0.5) is 0 Å². The van der Waals surface area contributed by atoms with Crippen molar-refractivity contribution in [2.45, 2.75) is 6.92 Å². The molecule has 10 heavy (non-hydrogen) atoms. The molecule has 0 fully saturated rings. The molecule has 0 unspecified atom stereocenters. The van der Waals surface area contributed by atoms with E-state index in [9.17, 15) is 0 Å². The summed E-state index contributed by atoms with van der Waals surface area (Å²) in [6.07, 6.45) is 12.4. The molecule has 0 spiro atoms. The Bertz CT molecular complexity index is 159. The van der Waals surface area contributed by atoms with E-state index in [1.165, 1.54) is 0 Å². The third kappa shape index (κ3) is 2.74. The quantitative estimate of drug-likeness (QED) is 0.565. The first kappa shape index (κ1) is 9.31. The number of hydrogen-bond donors (Lipinski definition) is 0. The third-order valence-electron chi connectivity index (χ3n) is 1.18. The van der Waals surface area contributed by atoms with Gasteiger partial charge in [-0.25, -0.2) is 0 Å². The average Bonchev–Trinajstić information content (AvgIpc) is 1.91. The molecule has 0 aromatic carbocycles. The van der Waals surface area contributed by atoms with Crippen molar-refractivity contribution < 1.29 is 0 Å². The summed E-state index contributed by atoms with van der Waals surface area (Å²) < 4.78 is 0. The van der Waals surface area contributed by atoms with E-state index in [4.69, 9.17) is 0 Å². The number of allylic oxidation sites excluding steroid dienone is 3. The summed E-state index contributed by atoms with van der Waals surface area (Å²) in [5.74, 6) is 0. The van der Waals surface area contributed by atoms with E-state index >= 15 is 0 Å². The zero-order valence-electron chi connectivity index (χ0n) is 6.03. The fraction of sp³-hybridized carbons (Fsp3) is 0.250. The van der Waals surface area contributed by atoms with E-state index in [0.29, 0.717) is 0 Å². The second kappa shape index (κ2) is 5.12. The van der Waals surface area contributed by atoms with Gasteiger partial charge in [-0.15, -0.1) is 12.4 Å². The molecule has 56 valence electrons. The van der Waals surface area contributed by atoms with Crippen molar-refractivity contribution in [3.05, 3.63) is 36.7 Å². The van der Waals surface area contributed by atoms with Gasteiger partial charge in [0.2, 0.25) is 0 Å². The van der Waals surface area contributed by atoms with E-state index < -0.39 is 0 Å². The van der Waals surface area contributed by atoms with Crippen molar-refractivity contribution in [3.8, 4) is 0 Å². The molecule has 0 amide bonds. The maximum atomic E-state index is 2.12. The molecule has 0 saturated heterocycles. The molecule has 0 aromatic rings. The van der Waals surface area contributed by atoms with Gasteiger partial charge in [0.25, 0.3) is 0 Å². The Morgan fingerprint density at radius 2 is 2.20 bits per heavy atom. The Morgan fingerprint density at radius 1 is 1.40 bits per heavy atom. The summed E-state index contributed by atoms with van der Waals surface area (Å²) in [5, 5.41) is 0. The Kier molecular flexibility index (Phi) is 4.77. The lowest BCUT2D eigenvalue weighted by Crippen LogP contribution is -2.10. The van der Waals surface area contributed by atoms with Gasteiger partial charge in [0.1, 0.15) is 0 Å². The van der Waals surface area contributed by atoms with Crippen LogP contribution in [0, 0.1) is 0 Å². The molecule has 0 atom stereocenters. The summed E-state index contributed by atoms with van der Waals surface area (Å²) in [4.78, 5) is 2.12. The zero-order valence-corrected chi connectivity index (χ0v) is 6.84. The molecule has 0 bridgehead atoms. The number of hydrogen-bond acceptors (Lipinski definition) is 1. The first-order chi connectivity index (χ1) is 4.43. The van der Waals surface area contributed by atoms with E-state index in [0.717, 1.165) is 6.54 Å². The van der Waals surface area contributed by atoms with Crippen molar-refractivity contribution in [3.63, 3.8) is 0 Å². The normalized spacial score (nSPS) is 15.9. The van der Waals surface area contributed by atoms with Crippen LogP contribution in [-0.4, -0.2) is 11.4 Å². The largest absolute Gasteiger partial charge is 0.351 e. The fourth-order valence-electron chi connectivity index (χ4n) is 0.784. The highest BCUT2D eigenvalue weighted by atomic mass is 35.5.